The van der Waals surface area contributed by atoms with E-state index in [1.165, 1.54) is 13.1 Å². The average Bonchev–Trinajstić information content (AvgIpc) is 2.12. The van der Waals surface area contributed by atoms with Crippen LogP contribution >= 0.6 is 15.9 Å². The maximum atomic E-state index is 13.2. The van der Waals surface area contributed by atoms with E-state index in [0.29, 0.717) is 4.47 Å². The van der Waals surface area contributed by atoms with Crippen LogP contribution in [0.4, 0.5) is 4.39 Å². The lowest BCUT2D eigenvalue weighted by Crippen LogP contribution is -2.20. The number of amides is 1. The predicted molar refractivity (Wildman–Crippen MR) is 52.2 cm³/mol. The molecule has 1 aromatic carbocycles. The molecule has 1 rings (SSSR count). The van der Waals surface area contributed by atoms with Gasteiger partial charge in [-0.2, -0.15) is 0 Å². The molecule has 0 spiro atoms. The minimum Gasteiger partial charge on any atom is -0.355 e. The number of hydrogen-bond acceptors (Lipinski definition) is 1. The molecule has 0 radical (unpaired) electrons. The first-order chi connectivity index (χ1) is 6.07. The third-order valence-corrected chi connectivity index (χ3v) is 2.76. The van der Waals surface area contributed by atoms with E-state index in [1.54, 1.807) is 13.0 Å². The molecule has 0 heterocycles. The van der Waals surface area contributed by atoms with Crippen molar-refractivity contribution >= 4 is 21.8 Å². The number of carbonyl (C=O) groups excluding carboxylic acids is 1. The molecule has 1 N–H and O–H groups in total. The Kier molecular flexibility index (Phi) is 3.03. The van der Waals surface area contributed by atoms with Gasteiger partial charge in [0.1, 0.15) is 5.82 Å². The average molecular weight is 246 g/mol. The van der Waals surface area contributed by atoms with Crippen LogP contribution in [0.2, 0.25) is 0 Å². The molecule has 0 fully saturated rings. The molecule has 0 saturated carbocycles. The molecule has 0 aromatic heterocycles. The lowest BCUT2D eigenvalue weighted by Gasteiger charge is -2.06. The summed E-state index contributed by atoms with van der Waals surface area (Å²) in [6.45, 7) is 1.80. The lowest BCUT2D eigenvalue weighted by atomic mass is 10.1. The topological polar surface area (TPSA) is 29.1 Å². The smallest absolute Gasteiger partial charge is 0.255 e. The van der Waals surface area contributed by atoms with Gasteiger partial charge in [-0.3, -0.25) is 4.79 Å². The molecule has 0 aliphatic carbocycles. The third-order valence-electron chi connectivity index (χ3n) is 1.74. The second kappa shape index (κ2) is 3.87. The van der Waals surface area contributed by atoms with Gasteiger partial charge in [0, 0.05) is 11.5 Å². The van der Waals surface area contributed by atoms with Crippen LogP contribution in [-0.2, 0) is 0 Å². The Labute approximate surface area is 84.3 Å². The molecule has 70 valence electrons. The second-order valence-corrected chi connectivity index (χ2v) is 3.43. The summed E-state index contributed by atoms with van der Waals surface area (Å²) in [5.41, 5.74) is 0.891. The van der Waals surface area contributed by atoms with Gasteiger partial charge in [-0.25, -0.2) is 4.39 Å². The Balaban J connectivity index is 3.33. The molecular weight excluding hydrogens is 237 g/mol. The molecule has 1 aromatic rings. The normalized spacial score (nSPS) is 9.85. The molecule has 0 aliphatic rings. The van der Waals surface area contributed by atoms with Gasteiger partial charge in [0.05, 0.1) is 5.56 Å². The summed E-state index contributed by atoms with van der Waals surface area (Å²) in [4.78, 5) is 11.2. The van der Waals surface area contributed by atoms with Crippen LogP contribution < -0.4 is 5.32 Å². The van der Waals surface area contributed by atoms with Gasteiger partial charge in [-0.05, 0) is 34.5 Å². The Bertz CT molecular complexity index is 352. The zero-order chi connectivity index (χ0) is 10.0. The van der Waals surface area contributed by atoms with Crippen LogP contribution in [0, 0.1) is 12.7 Å². The standard InChI is InChI=1S/C9H9BrFNO/c1-5-3-4-6(11)7(8(5)10)9(13)12-2/h3-4H,1-2H3,(H,12,13). The fourth-order valence-corrected chi connectivity index (χ4v) is 1.49. The summed E-state index contributed by atoms with van der Waals surface area (Å²) < 4.78 is 13.7. The molecule has 0 aliphatic heterocycles. The summed E-state index contributed by atoms with van der Waals surface area (Å²) in [6.07, 6.45) is 0. The molecule has 1 amide bonds. The molecule has 13 heavy (non-hydrogen) atoms. The maximum Gasteiger partial charge on any atom is 0.255 e. The zero-order valence-corrected chi connectivity index (χ0v) is 8.90. The number of carbonyl (C=O) groups is 1. The largest absolute Gasteiger partial charge is 0.355 e. The number of aryl methyl sites for hydroxylation is 1. The first kappa shape index (κ1) is 10.2. The predicted octanol–water partition coefficient (Wildman–Crippen LogP) is 2.26. The van der Waals surface area contributed by atoms with Gasteiger partial charge >= 0.3 is 0 Å². The van der Waals surface area contributed by atoms with Gasteiger partial charge in [-0.15, -0.1) is 0 Å². The molecule has 0 bridgehead atoms. The van der Waals surface area contributed by atoms with E-state index in [1.807, 2.05) is 0 Å². The van der Waals surface area contributed by atoms with Crippen molar-refractivity contribution in [1.29, 1.82) is 0 Å². The van der Waals surface area contributed by atoms with Crippen LogP contribution in [0.3, 0.4) is 0 Å². The summed E-state index contributed by atoms with van der Waals surface area (Å²) in [7, 11) is 1.47. The fraction of sp³-hybridized carbons (Fsp3) is 0.222. The molecule has 0 atom stereocenters. The van der Waals surface area contributed by atoms with Crippen molar-refractivity contribution in [2.24, 2.45) is 0 Å². The van der Waals surface area contributed by atoms with Gasteiger partial charge in [0.15, 0.2) is 0 Å². The molecule has 2 nitrogen and oxygen atoms in total. The second-order valence-electron chi connectivity index (χ2n) is 2.63. The Hall–Kier alpha value is -0.900. The molecule has 4 heteroatoms. The molecule has 0 unspecified atom stereocenters. The first-order valence-corrected chi connectivity index (χ1v) is 4.54. The van der Waals surface area contributed by atoms with E-state index in [-0.39, 0.29) is 5.56 Å². The van der Waals surface area contributed by atoms with Crippen molar-refractivity contribution in [3.05, 3.63) is 33.5 Å². The number of hydrogen-bond donors (Lipinski definition) is 1. The SMILES string of the molecule is CNC(=O)c1c(F)ccc(C)c1Br. The van der Waals surface area contributed by atoms with Crippen LogP contribution in [0.25, 0.3) is 0 Å². The maximum absolute atomic E-state index is 13.2. The Morgan fingerprint density at radius 3 is 2.69 bits per heavy atom. The van der Waals surface area contributed by atoms with Crippen LogP contribution in [0.5, 0.6) is 0 Å². The Morgan fingerprint density at radius 2 is 2.15 bits per heavy atom. The van der Waals surface area contributed by atoms with E-state index in [2.05, 4.69) is 21.2 Å². The number of halogens is 2. The van der Waals surface area contributed by atoms with Crippen LogP contribution in [-0.4, -0.2) is 13.0 Å². The van der Waals surface area contributed by atoms with E-state index in [0.717, 1.165) is 5.56 Å². The Morgan fingerprint density at radius 1 is 1.54 bits per heavy atom. The highest BCUT2D eigenvalue weighted by atomic mass is 79.9. The highest BCUT2D eigenvalue weighted by molar-refractivity contribution is 9.10. The fourth-order valence-electron chi connectivity index (χ4n) is 0.990. The van der Waals surface area contributed by atoms with Crippen LogP contribution in [0.1, 0.15) is 15.9 Å². The minimum absolute atomic E-state index is 0.0579. The molecule has 0 saturated heterocycles. The van der Waals surface area contributed by atoms with Crippen molar-refractivity contribution in [3.8, 4) is 0 Å². The molecular formula is C9H9BrFNO. The van der Waals surface area contributed by atoms with Gasteiger partial charge < -0.3 is 5.32 Å². The van der Waals surface area contributed by atoms with Crippen LogP contribution in [0.15, 0.2) is 16.6 Å². The summed E-state index contributed by atoms with van der Waals surface area (Å²) >= 11 is 3.17. The van der Waals surface area contributed by atoms with E-state index < -0.39 is 11.7 Å². The van der Waals surface area contributed by atoms with Crippen molar-refractivity contribution in [3.63, 3.8) is 0 Å². The van der Waals surface area contributed by atoms with Crippen molar-refractivity contribution in [2.45, 2.75) is 6.92 Å². The van der Waals surface area contributed by atoms with Gasteiger partial charge in [-0.1, -0.05) is 6.07 Å². The highest BCUT2D eigenvalue weighted by Gasteiger charge is 2.15. The summed E-state index contributed by atoms with van der Waals surface area (Å²) in [5.74, 6) is -0.940. The van der Waals surface area contributed by atoms with E-state index in [9.17, 15) is 9.18 Å². The number of nitrogens with one attached hydrogen (secondary N) is 1. The third kappa shape index (κ3) is 1.88. The van der Waals surface area contributed by atoms with Crippen molar-refractivity contribution in [2.75, 3.05) is 7.05 Å². The zero-order valence-electron chi connectivity index (χ0n) is 7.32. The van der Waals surface area contributed by atoms with Crippen molar-refractivity contribution in [1.82, 2.24) is 5.32 Å². The monoisotopic (exact) mass is 245 g/mol. The highest BCUT2D eigenvalue weighted by Crippen LogP contribution is 2.23. The minimum atomic E-state index is -0.517. The first-order valence-electron chi connectivity index (χ1n) is 3.74. The number of benzene rings is 1. The van der Waals surface area contributed by atoms with Crippen molar-refractivity contribution < 1.29 is 9.18 Å². The quantitative estimate of drug-likeness (QED) is 0.809. The summed E-state index contributed by atoms with van der Waals surface area (Å²) in [5, 5.41) is 2.38. The lowest BCUT2D eigenvalue weighted by molar-refractivity contribution is 0.0958. The van der Waals surface area contributed by atoms with Gasteiger partial charge in [0.25, 0.3) is 5.91 Å². The van der Waals surface area contributed by atoms with E-state index >= 15 is 0 Å². The van der Waals surface area contributed by atoms with Gasteiger partial charge in [0.2, 0.25) is 0 Å². The van der Waals surface area contributed by atoms with E-state index in [4.69, 9.17) is 0 Å². The number of rotatable bonds is 1. The summed E-state index contributed by atoms with van der Waals surface area (Å²) in [6, 6.07) is 2.90.